The highest BCUT2D eigenvalue weighted by atomic mass is 35.5. The van der Waals surface area contributed by atoms with Gasteiger partial charge in [0.05, 0.1) is 11.4 Å². The first-order valence-corrected chi connectivity index (χ1v) is 9.02. The summed E-state index contributed by atoms with van der Waals surface area (Å²) in [6, 6.07) is 16.6. The van der Waals surface area contributed by atoms with Crippen LogP contribution in [0.1, 0.15) is 16.1 Å². The van der Waals surface area contributed by atoms with Crippen LogP contribution < -0.4 is 5.32 Å². The zero-order chi connectivity index (χ0) is 19.3. The van der Waals surface area contributed by atoms with Crippen molar-refractivity contribution in [1.29, 1.82) is 0 Å². The molecule has 7 heteroatoms. The third-order valence-electron chi connectivity index (χ3n) is 4.15. The second kappa shape index (κ2) is 8.02. The van der Waals surface area contributed by atoms with Gasteiger partial charge < -0.3 is 5.32 Å². The van der Waals surface area contributed by atoms with Crippen LogP contribution in [0.15, 0.2) is 79.4 Å². The Labute approximate surface area is 166 Å². The van der Waals surface area contributed by atoms with Gasteiger partial charge in [-0.1, -0.05) is 23.7 Å². The molecule has 0 aliphatic rings. The minimum absolute atomic E-state index is 0.264. The summed E-state index contributed by atoms with van der Waals surface area (Å²) in [5.41, 5.74) is 3.67. The number of aromatic nitrogens is 4. The lowest BCUT2D eigenvalue weighted by atomic mass is 10.2. The van der Waals surface area contributed by atoms with E-state index >= 15 is 0 Å². The third-order valence-corrected chi connectivity index (χ3v) is 4.38. The molecule has 0 unspecified atom stereocenters. The lowest BCUT2D eigenvalue weighted by Gasteiger charge is -2.07. The molecule has 1 aromatic carbocycles. The molecule has 6 nitrogen and oxygen atoms in total. The van der Waals surface area contributed by atoms with Gasteiger partial charge in [0, 0.05) is 41.9 Å². The molecule has 4 rings (SSSR count). The van der Waals surface area contributed by atoms with Gasteiger partial charge in [0.15, 0.2) is 5.69 Å². The van der Waals surface area contributed by atoms with E-state index in [1.54, 1.807) is 47.7 Å². The number of nitrogens with one attached hydrogen (secondary N) is 1. The highest BCUT2D eigenvalue weighted by Gasteiger charge is 2.17. The summed E-state index contributed by atoms with van der Waals surface area (Å²) in [5.74, 6) is -0.264. The van der Waals surface area contributed by atoms with Crippen LogP contribution in [0, 0.1) is 0 Å². The largest absolute Gasteiger partial charge is 0.347 e. The van der Waals surface area contributed by atoms with E-state index in [-0.39, 0.29) is 5.91 Å². The maximum Gasteiger partial charge on any atom is 0.272 e. The fraction of sp³-hybridized carbons (Fsp3) is 0.0476. The highest BCUT2D eigenvalue weighted by molar-refractivity contribution is 6.30. The van der Waals surface area contributed by atoms with E-state index in [0.717, 1.165) is 22.5 Å². The van der Waals surface area contributed by atoms with Crippen LogP contribution in [0.25, 0.3) is 16.9 Å². The predicted molar refractivity (Wildman–Crippen MR) is 107 cm³/mol. The first kappa shape index (κ1) is 17.9. The van der Waals surface area contributed by atoms with Crippen molar-refractivity contribution in [3.63, 3.8) is 0 Å². The molecule has 0 saturated carbocycles. The number of nitrogens with zero attached hydrogens (tertiary/aromatic N) is 4. The van der Waals surface area contributed by atoms with Crippen molar-refractivity contribution in [3.05, 3.63) is 95.7 Å². The number of benzene rings is 1. The van der Waals surface area contributed by atoms with E-state index in [4.69, 9.17) is 11.6 Å². The number of rotatable bonds is 5. The normalized spacial score (nSPS) is 10.6. The Morgan fingerprint density at radius 2 is 1.86 bits per heavy atom. The van der Waals surface area contributed by atoms with Gasteiger partial charge >= 0.3 is 0 Å². The Bertz CT molecular complexity index is 1100. The molecule has 0 saturated heterocycles. The fourth-order valence-electron chi connectivity index (χ4n) is 2.80. The summed E-state index contributed by atoms with van der Waals surface area (Å²) < 4.78 is 1.71. The number of pyridine rings is 2. The van der Waals surface area contributed by atoms with Crippen LogP contribution in [0.4, 0.5) is 0 Å². The van der Waals surface area contributed by atoms with Gasteiger partial charge in [-0.2, -0.15) is 5.10 Å². The topological polar surface area (TPSA) is 72.7 Å². The number of carbonyl (C=O) groups is 1. The molecule has 138 valence electrons. The quantitative estimate of drug-likeness (QED) is 0.561. The molecule has 3 aromatic heterocycles. The number of halogens is 1. The third kappa shape index (κ3) is 3.92. The minimum atomic E-state index is -0.264. The molecule has 28 heavy (non-hydrogen) atoms. The lowest BCUT2D eigenvalue weighted by molar-refractivity contribution is 0.0945. The maximum absolute atomic E-state index is 12.7. The fourth-order valence-corrected chi connectivity index (χ4v) is 2.99. The zero-order valence-electron chi connectivity index (χ0n) is 14.8. The van der Waals surface area contributed by atoms with Crippen LogP contribution in [0.3, 0.4) is 0 Å². The van der Waals surface area contributed by atoms with Crippen molar-refractivity contribution in [2.75, 3.05) is 0 Å². The van der Waals surface area contributed by atoms with E-state index in [1.807, 2.05) is 36.4 Å². The summed E-state index contributed by atoms with van der Waals surface area (Å²) in [6.07, 6.45) is 6.81. The Morgan fingerprint density at radius 1 is 1.00 bits per heavy atom. The van der Waals surface area contributed by atoms with E-state index in [9.17, 15) is 4.79 Å². The number of hydrogen-bond acceptors (Lipinski definition) is 4. The van der Waals surface area contributed by atoms with Gasteiger partial charge in [0.25, 0.3) is 5.91 Å². The molecular weight excluding hydrogens is 374 g/mol. The summed E-state index contributed by atoms with van der Waals surface area (Å²) in [5, 5.41) is 7.99. The van der Waals surface area contributed by atoms with Crippen molar-refractivity contribution in [1.82, 2.24) is 25.1 Å². The summed E-state index contributed by atoms with van der Waals surface area (Å²) in [7, 11) is 0. The summed E-state index contributed by atoms with van der Waals surface area (Å²) in [4.78, 5) is 20.8. The highest BCUT2D eigenvalue weighted by Crippen LogP contribution is 2.25. The molecule has 0 fully saturated rings. The van der Waals surface area contributed by atoms with Gasteiger partial charge in [0.1, 0.15) is 0 Å². The van der Waals surface area contributed by atoms with Gasteiger partial charge in [0.2, 0.25) is 0 Å². The van der Waals surface area contributed by atoms with Crippen molar-refractivity contribution >= 4 is 17.5 Å². The molecule has 3 heterocycles. The Kier molecular flexibility index (Phi) is 5.12. The average molecular weight is 390 g/mol. The standard InChI is InChI=1S/C21H16ClN5O/c22-17-4-1-5-18(11-17)27-20(16-6-9-23-10-7-16)12-19(26-27)21(28)25-14-15-3-2-8-24-13-15/h1-13H,14H2,(H,25,28). The molecule has 1 N–H and O–H groups in total. The molecule has 0 spiro atoms. The van der Waals surface area contributed by atoms with Crippen LogP contribution in [-0.2, 0) is 6.54 Å². The predicted octanol–water partition coefficient (Wildman–Crippen LogP) is 3.91. The summed E-state index contributed by atoms with van der Waals surface area (Å²) >= 11 is 6.14. The van der Waals surface area contributed by atoms with Crippen LogP contribution in [0.5, 0.6) is 0 Å². The molecule has 0 radical (unpaired) electrons. The number of hydrogen-bond donors (Lipinski definition) is 1. The molecule has 0 aliphatic carbocycles. The van der Waals surface area contributed by atoms with E-state index in [0.29, 0.717) is 17.3 Å². The van der Waals surface area contributed by atoms with E-state index < -0.39 is 0 Å². The number of amides is 1. The van der Waals surface area contributed by atoms with Gasteiger partial charge in [-0.25, -0.2) is 4.68 Å². The Morgan fingerprint density at radius 3 is 2.61 bits per heavy atom. The molecule has 4 aromatic rings. The molecule has 0 atom stereocenters. The molecule has 1 amide bonds. The van der Waals surface area contributed by atoms with Crippen LogP contribution >= 0.6 is 11.6 Å². The lowest BCUT2D eigenvalue weighted by Crippen LogP contribution is -2.23. The molecule has 0 bridgehead atoms. The summed E-state index contributed by atoms with van der Waals surface area (Å²) in [6.45, 7) is 0.376. The first-order valence-electron chi connectivity index (χ1n) is 8.64. The number of carbonyl (C=O) groups excluding carboxylic acids is 1. The van der Waals surface area contributed by atoms with E-state index in [1.165, 1.54) is 0 Å². The smallest absolute Gasteiger partial charge is 0.272 e. The maximum atomic E-state index is 12.7. The van der Waals surface area contributed by atoms with Gasteiger partial charge in [-0.3, -0.25) is 14.8 Å². The second-order valence-corrected chi connectivity index (χ2v) is 6.52. The molecule has 0 aliphatic heterocycles. The van der Waals surface area contributed by atoms with Crippen molar-refractivity contribution < 1.29 is 4.79 Å². The van der Waals surface area contributed by atoms with Crippen LogP contribution in [0.2, 0.25) is 5.02 Å². The minimum Gasteiger partial charge on any atom is -0.347 e. The SMILES string of the molecule is O=C(NCc1cccnc1)c1cc(-c2ccncc2)n(-c2cccc(Cl)c2)n1. The second-order valence-electron chi connectivity index (χ2n) is 6.09. The Hall–Kier alpha value is -3.51. The van der Waals surface area contributed by atoms with Crippen molar-refractivity contribution in [2.24, 2.45) is 0 Å². The monoisotopic (exact) mass is 389 g/mol. The zero-order valence-corrected chi connectivity index (χ0v) is 15.5. The average Bonchev–Trinajstić information content (AvgIpc) is 3.19. The van der Waals surface area contributed by atoms with Gasteiger partial charge in [-0.15, -0.1) is 0 Å². The first-order chi connectivity index (χ1) is 13.7. The van der Waals surface area contributed by atoms with Crippen molar-refractivity contribution in [3.8, 4) is 16.9 Å². The van der Waals surface area contributed by atoms with Crippen LogP contribution in [-0.4, -0.2) is 25.7 Å². The van der Waals surface area contributed by atoms with Gasteiger partial charge in [-0.05, 0) is 48.0 Å². The molecular formula is C21H16ClN5O. The van der Waals surface area contributed by atoms with Crippen molar-refractivity contribution in [2.45, 2.75) is 6.54 Å². The van der Waals surface area contributed by atoms with E-state index in [2.05, 4.69) is 20.4 Å². The Balaban J connectivity index is 1.68.